The molecule has 1 fully saturated rings. The van der Waals surface area contributed by atoms with Gasteiger partial charge < -0.3 is 23.8 Å². The molecule has 3 heterocycles. The van der Waals surface area contributed by atoms with Crippen LogP contribution < -0.4 is 10.1 Å². The van der Waals surface area contributed by atoms with E-state index in [9.17, 15) is 14.4 Å². The van der Waals surface area contributed by atoms with Gasteiger partial charge >= 0.3 is 12.0 Å². The Hall–Kier alpha value is -4.27. The third-order valence-corrected chi connectivity index (χ3v) is 6.10. The minimum atomic E-state index is -0.632. The van der Waals surface area contributed by atoms with E-state index in [1.54, 1.807) is 6.08 Å². The highest BCUT2D eigenvalue weighted by atomic mass is 16.5. The van der Waals surface area contributed by atoms with Gasteiger partial charge in [-0.15, -0.1) is 0 Å². The number of aromatic nitrogens is 1. The molecule has 0 spiro atoms. The predicted octanol–water partition coefficient (Wildman–Crippen LogP) is 4.74. The van der Waals surface area contributed by atoms with E-state index in [4.69, 9.17) is 9.15 Å². The van der Waals surface area contributed by atoms with E-state index in [-0.39, 0.29) is 24.1 Å². The highest BCUT2D eigenvalue weighted by Crippen LogP contribution is 2.26. The molecule has 3 amide bonds. The standard InChI is InChI=1S/C27H29N3O6/c1-6-17(3)35-21-9-7-20(8-10-21)30-16(2)13-19(18(30)4)14-23-25(31)29(27(33)28-23)15-22-11-12-24(36-22)26(32)34-5/h7-14,17H,6,15H2,1-5H3,(H,28,33). The van der Waals surface area contributed by atoms with E-state index < -0.39 is 17.9 Å². The summed E-state index contributed by atoms with van der Waals surface area (Å²) in [7, 11) is 1.24. The Morgan fingerprint density at radius 3 is 2.53 bits per heavy atom. The molecule has 4 rings (SSSR count). The summed E-state index contributed by atoms with van der Waals surface area (Å²) in [5.41, 5.74) is 3.84. The van der Waals surface area contributed by atoms with Crippen molar-refractivity contribution in [2.45, 2.75) is 46.8 Å². The fraction of sp³-hybridized carbons (Fsp3) is 0.296. The van der Waals surface area contributed by atoms with Gasteiger partial charge in [0.1, 0.15) is 17.2 Å². The zero-order chi connectivity index (χ0) is 26.0. The van der Waals surface area contributed by atoms with Crippen molar-refractivity contribution < 1.29 is 28.3 Å². The van der Waals surface area contributed by atoms with Crippen LogP contribution in [0.1, 0.15) is 53.5 Å². The molecule has 1 saturated heterocycles. The molecule has 188 valence electrons. The highest BCUT2D eigenvalue weighted by molar-refractivity contribution is 6.13. The molecule has 1 atom stereocenters. The smallest absolute Gasteiger partial charge is 0.373 e. The Kier molecular flexibility index (Phi) is 7.00. The number of ether oxygens (including phenoxy) is 2. The number of aryl methyl sites for hydroxylation is 1. The molecule has 0 aliphatic carbocycles. The maximum Gasteiger partial charge on any atom is 0.373 e. The lowest BCUT2D eigenvalue weighted by Crippen LogP contribution is -2.30. The fourth-order valence-corrected chi connectivity index (χ4v) is 4.02. The number of carbonyl (C=O) groups is 3. The predicted molar refractivity (Wildman–Crippen MR) is 133 cm³/mol. The molecule has 1 aliphatic heterocycles. The van der Waals surface area contributed by atoms with Gasteiger partial charge in [0.25, 0.3) is 5.91 Å². The number of imide groups is 1. The van der Waals surface area contributed by atoms with Crippen LogP contribution in [0.5, 0.6) is 5.75 Å². The molecule has 9 heteroatoms. The van der Waals surface area contributed by atoms with Gasteiger partial charge in [0.15, 0.2) is 0 Å². The zero-order valence-corrected chi connectivity index (χ0v) is 21.0. The number of nitrogens with one attached hydrogen (secondary N) is 1. The van der Waals surface area contributed by atoms with Crippen molar-refractivity contribution in [3.8, 4) is 11.4 Å². The monoisotopic (exact) mass is 491 g/mol. The minimum Gasteiger partial charge on any atom is -0.491 e. The van der Waals surface area contributed by atoms with E-state index in [0.29, 0.717) is 5.76 Å². The van der Waals surface area contributed by atoms with Crippen molar-refractivity contribution in [3.05, 3.63) is 76.6 Å². The third kappa shape index (κ3) is 4.91. The number of benzene rings is 1. The molecule has 0 bridgehead atoms. The van der Waals surface area contributed by atoms with E-state index in [0.717, 1.165) is 39.7 Å². The summed E-state index contributed by atoms with van der Waals surface area (Å²) < 4.78 is 18.0. The summed E-state index contributed by atoms with van der Waals surface area (Å²) in [6.45, 7) is 7.95. The second-order valence-electron chi connectivity index (χ2n) is 8.63. The van der Waals surface area contributed by atoms with Gasteiger partial charge in [-0.3, -0.25) is 9.69 Å². The van der Waals surface area contributed by atoms with Gasteiger partial charge in [0.2, 0.25) is 5.76 Å². The number of methoxy groups -OCH3 is 1. The summed E-state index contributed by atoms with van der Waals surface area (Å²) in [5, 5.41) is 2.63. The van der Waals surface area contributed by atoms with Crippen LogP contribution in [0.15, 0.2) is 52.6 Å². The summed E-state index contributed by atoms with van der Waals surface area (Å²) in [5.74, 6) is -0.00622. The van der Waals surface area contributed by atoms with E-state index in [2.05, 4.69) is 21.5 Å². The zero-order valence-electron chi connectivity index (χ0n) is 21.0. The van der Waals surface area contributed by atoms with Crippen molar-refractivity contribution in [2.75, 3.05) is 7.11 Å². The maximum absolute atomic E-state index is 13.0. The van der Waals surface area contributed by atoms with E-state index in [1.165, 1.54) is 19.2 Å². The summed E-state index contributed by atoms with van der Waals surface area (Å²) in [6.07, 6.45) is 2.74. The summed E-state index contributed by atoms with van der Waals surface area (Å²) >= 11 is 0. The lowest BCUT2D eigenvalue weighted by Gasteiger charge is -2.14. The van der Waals surface area contributed by atoms with Crippen LogP contribution >= 0.6 is 0 Å². The second kappa shape index (κ2) is 10.2. The van der Waals surface area contributed by atoms with Crippen LogP contribution in [0.2, 0.25) is 0 Å². The normalized spacial score (nSPS) is 15.4. The average molecular weight is 492 g/mol. The Labute approximate surface area is 209 Å². The minimum absolute atomic E-state index is 0.00206. The molecule has 1 N–H and O–H groups in total. The first-order chi connectivity index (χ1) is 17.2. The van der Waals surface area contributed by atoms with Crippen LogP contribution in [0.3, 0.4) is 0 Å². The van der Waals surface area contributed by atoms with Crippen LogP contribution in [-0.2, 0) is 16.1 Å². The Bertz CT molecular complexity index is 1330. The largest absolute Gasteiger partial charge is 0.491 e. The van der Waals surface area contributed by atoms with Crippen molar-refractivity contribution in [3.63, 3.8) is 0 Å². The fourth-order valence-electron chi connectivity index (χ4n) is 4.02. The first-order valence-corrected chi connectivity index (χ1v) is 11.7. The van der Waals surface area contributed by atoms with Crippen LogP contribution in [0.25, 0.3) is 11.8 Å². The number of esters is 1. The first-order valence-electron chi connectivity index (χ1n) is 11.7. The van der Waals surface area contributed by atoms with E-state index in [1.807, 2.05) is 51.1 Å². The Morgan fingerprint density at radius 2 is 1.86 bits per heavy atom. The molecular formula is C27H29N3O6. The maximum atomic E-state index is 13.0. The number of urea groups is 1. The summed E-state index contributed by atoms with van der Waals surface area (Å²) in [4.78, 5) is 38.1. The van der Waals surface area contributed by atoms with Gasteiger partial charge in [-0.2, -0.15) is 0 Å². The first kappa shape index (κ1) is 24.8. The molecule has 1 aromatic carbocycles. The molecular weight excluding hydrogens is 462 g/mol. The Morgan fingerprint density at radius 1 is 1.14 bits per heavy atom. The lowest BCUT2D eigenvalue weighted by molar-refractivity contribution is -0.123. The van der Waals surface area contributed by atoms with E-state index >= 15 is 0 Å². The molecule has 0 saturated carbocycles. The van der Waals surface area contributed by atoms with Crippen LogP contribution in [-0.4, -0.2) is 40.6 Å². The molecule has 36 heavy (non-hydrogen) atoms. The third-order valence-electron chi connectivity index (χ3n) is 6.10. The highest BCUT2D eigenvalue weighted by Gasteiger charge is 2.34. The molecule has 2 aromatic heterocycles. The molecule has 3 aromatic rings. The van der Waals surface area contributed by atoms with Crippen LogP contribution in [0.4, 0.5) is 4.79 Å². The topological polar surface area (TPSA) is 103 Å². The van der Waals surface area contributed by atoms with Gasteiger partial charge in [0, 0.05) is 17.1 Å². The Balaban J connectivity index is 1.54. The van der Waals surface area contributed by atoms with Gasteiger partial charge in [-0.1, -0.05) is 6.92 Å². The number of carbonyl (C=O) groups excluding carboxylic acids is 3. The van der Waals surface area contributed by atoms with Crippen molar-refractivity contribution in [1.29, 1.82) is 0 Å². The molecule has 9 nitrogen and oxygen atoms in total. The van der Waals surface area contributed by atoms with Gasteiger partial charge in [-0.05, 0) is 81.3 Å². The number of nitrogens with zero attached hydrogens (tertiary/aromatic N) is 2. The van der Waals surface area contributed by atoms with Crippen molar-refractivity contribution in [1.82, 2.24) is 14.8 Å². The van der Waals surface area contributed by atoms with Crippen molar-refractivity contribution in [2.24, 2.45) is 0 Å². The summed E-state index contributed by atoms with van der Waals surface area (Å²) in [6, 6.07) is 12.2. The molecule has 1 aliphatic rings. The molecule has 1 unspecified atom stereocenters. The quantitative estimate of drug-likeness (QED) is 0.277. The van der Waals surface area contributed by atoms with Gasteiger partial charge in [-0.25, -0.2) is 9.59 Å². The number of hydrogen-bond acceptors (Lipinski definition) is 6. The number of amides is 3. The molecule has 0 radical (unpaired) electrons. The SMILES string of the molecule is CCC(C)Oc1ccc(-n2c(C)cc(C=C3NC(=O)N(Cc4ccc(C(=O)OC)o4)C3=O)c2C)cc1. The average Bonchev–Trinajstić information content (AvgIpc) is 3.52. The number of hydrogen-bond donors (Lipinski definition) is 1. The number of rotatable bonds is 8. The van der Waals surface area contributed by atoms with Crippen LogP contribution in [0, 0.1) is 13.8 Å². The number of furan rings is 1. The second-order valence-corrected chi connectivity index (χ2v) is 8.63. The van der Waals surface area contributed by atoms with Gasteiger partial charge in [0.05, 0.1) is 19.8 Å². The van der Waals surface area contributed by atoms with Crippen molar-refractivity contribution >= 4 is 24.0 Å². The lowest BCUT2D eigenvalue weighted by atomic mass is 10.2.